The average Bonchev–Trinajstić information content (AvgIpc) is 2.42. The molecule has 1 aliphatic carbocycles. The van der Waals surface area contributed by atoms with E-state index in [-0.39, 0.29) is 0 Å². The SMILES string of the molecule is COC(=O)c1cc(NC2CCC(C)CC2)ccc1N. The number of methoxy groups -OCH3 is 1. The Labute approximate surface area is 114 Å². The van der Waals surface area contributed by atoms with Gasteiger partial charge in [0.1, 0.15) is 0 Å². The van der Waals surface area contributed by atoms with E-state index in [0.29, 0.717) is 17.3 Å². The first-order valence-corrected chi connectivity index (χ1v) is 6.84. The summed E-state index contributed by atoms with van der Waals surface area (Å²) in [4.78, 5) is 11.6. The first-order valence-electron chi connectivity index (χ1n) is 6.84. The van der Waals surface area contributed by atoms with E-state index in [2.05, 4.69) is 12.2 Å². The van der Waals surface area contributed by atoms with Crippen molar-refractivity contribution < 1.29 is 9.53 Å². The molecule has 3 N–H and O–H groups in total. The van der Waals surface area contributed by atoms with Gasteiger partial charge in [0, 0.05) is 17.4 Å². The minimum absolute atomic E-state index is 0.390. The third-order valence-corrected chi connectivity index (χ3v) is 3.85. The molecule has 4 heteroatoms. The molecule has 1 aromatic rings. The number of esters is 1. The monoisotopic (exact) mass is 262 g/mol. The number of benzene rings is 1. The van der Waals surface area contributed by atoms with Gasteiger partial charge >= 0.3 is 5.97 Å². The lowest BCUT2D eigenvalue weighted by atomic mass is 9.87. The summed E-state index contributed by atoms with van der Waals surface area (Å²) in [5.41, 5.74) is 7.61. The van der Waals surface area contributed by atoms with E-state index in [0.717, 1.165) is 11.6 Å². The van der Waals surface area contributed by atoms with E-state index in [9.17, 15) is 4.79 Å². The zero-order chi connectivity index (χ0) is 13.8. The maximum atomic E-state index is 11.6. The maximum Gasteiger partial charge on any atom is 0.340 e. The van der Waals surface area contributed by atoms with Crippen LogP contribution in [-0.4, -0.2) is 19.1 Å². The van der Waals surface area contributed by atoms with Crippen LogP contribution in [0, 0.1) is 5.92 Å². The van der Waals surface area contributed by atoms with E-state index in [4.69, 9.17) is 10.5 Å². The van der Waals surface area contributed by atoms with Gasteiger partial charge in [-0.2, -0.15) is 0 Å². The highest BCUT2D eigenvalue weighted by Crippen LogP contribution is 2.27. The fourth-order valence-corrected chi connectivity index (χ4v) is 2.57. The molecule has 19 heavy (non-hydrogen) atoms. The first-order chi connectivity index (χ1) is 9.10. The second-order valence-electron chi connectivity index (χ2n) is 5.39. The van der Waals surface area contributed by atoms with Crippen molar-refractivity contribution in [1.29, 1.82) is 0 Å². The molecule has 0 unspecified atom stereocenters. The van der Waals surface area contributed by atoms with Crippen LogP contribution < -0.4 is 11.1 Å². The van der Waals surface area contributed by atoms with Gasteiger partial charge in [-0.15, -0.1) is 0 Å². The highest BCUT2D eigenvalue weighted by molar-refractivity contribution is 5.96. The number of carbonyl (C=O) groups excluding carboxylic acids is 1. The van der Waals surface area contributed by atoms with E-state index in [1.165, 1.54) is 32.8 Å². The summed E-state index contributed by atoms with van der Waals surface area (Å²) >= 11 is 0. The van der Waals surface area contributed by atoms with Gasteiger partial charge < -0.3 is 15.8 Å². The van der Waals surface area contributed by atoms with Crippen molar-refractivity contribution in [3.05, 3.63) is 23.8 Å². The molecule has 1 aliphatic rings. The normalized spacial score (nSPS) is 22.8. The average molecular weight is 262 g/mol. The number of ether oxygens (including phenoxy) is 1. The lowest BCUT2D eigenvalue weighted by Gasteiger charge is -2.27. The Kier molecular flexibility index (Phi) is 4.30. The summed E-state index contributed by atoms with van der Waals surface area (Å²) in [6.07, 6.45) is 4.88. The number of hydrogen-bond acceptors (Lipinski definition) is 4. The Bertz CT molecular complexity index is 451. The number of nitrogens with one attached hydrogen (secondary N) is 1. The largest absolute Gasteiger partial charge is 0.465 e. The molecule has 0 radical (unpaired) electrons. The van der Waals surface area contributed by atoms with Crippen molar-refractivity contribution in [3.63, 3.8) is 0 Å². The molecule has 4 nitrogen and oxygen atoms in total. The smallest absolute Gasteiger partial charge is 0.340 e. The lowest BCUT2D eigenvalue weighted by Crippen LogP contribution is -2.25. The second kappa shape index (κ2) is 5.95. The Morgan fingerprint density at radius 1 is 1.32 bits per heavy atom. The highest BCUT2D eigenvalue weighted by atomic mass is 16.5. The molecular weight excluding hydrogens is 240 g/mol. The zero-order valence-corrected chi connectivity index (χ0v) is 11.6. The van der Waals surface area contributed by atoms with E-state index in [1.807, 2.05) is 6.07 Å². The zero-order valence-electron chi connectivity index (χ0n) is 11.6. The van der Waals surface area contributed by atoms with Gasteiger partial charge in [-0.3, -0.25) is 0 Å². The van der Waals surface area contributed by atoms with Crippen LogP contribution in [-0.2, 0) is 4.74 Å². The van der Waals surface area contributed by atoms with Crippen LogP contribution in [0.1, 0.15) is 43.0 Å². The van der Waals surface area contributed by atoms with Crippen LogP contribution in [0.4, 0.5) is 11.4 Å². The number of hydrogen-bond donors (Lipinski definition) is 2. The summed E-state index contributed by atoms with van der Waals surface area (Å²) in [6, 6.07) is 5.93. The van der Waals surface area contributed by atoms with Gasteiger partial charge in [0.2, 0.25) is 0 Å². The molecule has 0 amide bonds. The predicted molar refractivity (Wildman–Crippen MR) is 77.2 cm³/mol. The molecule has 0 spiro atoms. The first kappa shape index (κ1) is 13.7. The molecule has 0 atom stereocenters. The molecule has 2 rings (SSSR count). The Balaban J connectivity index is 2.06. The summed E-state index contributed by atoms with van der Waals surface area (Å²) in [6.45, 7) is 2.30. The number of anilines is 2. The summed E-state index contributed by atoms with van der Waals surface area (Å²) in [5, 5.41) is 3.48. The molecular formula is C15H22N2O2. The maximum absolute atomic E-state index is 11.6. The van der Waals surface area contributed by atoms with Crippen LogP contribution in [0.2, 0.25) is 0 Å². The molecule has 0 bridgehead atoms. The van der Waals surface area contributed by atoms with Gasteiger partial charge in [-0.25, -0.2) is 4.79 Å². The van der Waals surface area contributed by atoms with E-state index in [1.54, 1.807) is 12.1 Å². The minimum Gasteiger partial charge on any atom is -0.465 e. The number of nitrogens with two attached hydrogens (primary N) is 1. The molecule has 1 aromatic carbocycles. The van der Waals surface area contributed by atoms with E-state index < -0.39 is 5.97 Å². The molecule has 0 heterocycles. The Morgan fingerprint density at radius 2 is 2.00 bits per heavy atom. The molecule has 1 saturated carbocycles. The highest BCUT2D eigenvalue weighted by Gasteiger charge is 2.18. The molecule has 1 fully saturated rings. The predicted octanol–water partition coefficient (Wildman–Crippen LogP) is 3.05. The van der Waals surface area contributed by atoms with Crippen LogP contribution in [0.3, 0.4) is 0 Å². The standard InChI is InChI=1S/C15H22N2O2/c1-10-3-5-11(6-4-10)17-12-7-8-14(16)13(9-12)15(18)19-2/h7-11,17H,3-6,16H2,1-2H3. The molecule has 104 valence electrons. The summed E-state index contributed by atoms with van der Waals surface area (Å²) in [7, 11) is 1.37. The lowest BCUT2D eigenvalue weighted by molar-refractivity contribution is 0.0602. The van der Waals surface area contributed by atoms with Crippen molar-refractivity contribution in [2.75, 3.05) is 18.2 Å². The number of carbonyl (C=O) groups is 1. The van der Waals surface area contributed by atoms with Crippen molar-refractivity contribution in [2.45, 2.75) is 38.6 Å². The summed E-state index contributed by atoms with van der Waals surface area (Å²) < 4.78 is 4.73. The Hall–Kier alpha value is -1.71. The Morgan fingerprint density at radius 3 is 2.63 bits per heavy atom. The van der Waals surface area contributed by atoms with Gasteiger partial charge in [0.05, 0.1) is 12.7 Å². The van der Waals surface area contributed by atoms with Crippen LogP contribution in [0.5, 0.6) is 0 Å². The van der Waals surface area contributed by atoms with Crippen molar-refractivity contribution in [3.8, 4) is 0 Å². The van der Waals surface area contributed by atoms with Gasteiger partial charge in [0.25, 0.3) is 0 Å². The third kappa shape index (κ3) is 3.40. The van der Waals surface area contributed by atoms with Gasteiger partial charge in [-0.1, -0.05) is 6.92 Å². The van der Waals surface area contributed by atoms with Crippen LogP contribution >= 0.6 is 0 Å². The fourth-order valence-electron chi connectivity index (χ4n) is 2.57. The second-order valence-corrected chi connectivity index (χ2v) is 5.39. The molecule has 0 aromatic heterocycles. The van der Waals surface area contributed by atoms with Crippen molar-refractivity contribution in [2.24, 2.45) is 5.92 Å². The van der Waals surface area contributed by atoms with Crippen molar-refractivity contribution >= 4 is 17.3 Å². The molecule has 0 saturated heterocycles. The quantitative estimate of drug-likeness (QED) is 0.649. The van der Waals surface area contributed by atoms with E-state index >= 15 is 0 Å². The topological polar surface area (TPSA) is 64.3 Å². The summed E-state index contributed by atoms with van der Waals surface area (Å²) in [5.74, 6) is 0.438. The fraction of sp³-hybridized carbons (Fsp3) is 0.533. The third-order valence-electron chi connectivity index (χ3n) is 3.85. The number of nitrogen functional groups attached to an aromatic ring is 1. The van der Waals surface area contributed by atoms with Crippen LogP contribution in [0.15, 0.2) is 18.2 Å². The van der Waals surface area contributed by atoms with Gasteiger partial charge in [-0.05, 0) is 49.8 Å². The van der Waals surface area contributed by atoms with Gasteiger partial charge in [0.15, 0.2) is 0 Å². The number of rotatable bonds is 3. The van der Waals surface area contributed by atoms with Crippen LogP contribution in [0.25, 0.3) is 0 Å². The molecule has 0 aliphatic heterocycles. The minimum atomic E-state index is -0.390. The van der Waals surface area contributed by atoms with Crippen molar-refractivity contribution in [1.82, 2.24) is 0 Å².